The molecule has 2 aromatic rings. The highest BCUT2D eigenvalue weighted by Gasteiger charge is 2.15. The second-order valence-corrected chi connectivity index (χ2v) is 10.9. The summed E-state index contributed by atoms with van der Waals surface area (Å²) in [5.41, 5.74) is -0.188. The number of nitrogens with zero attached hydrogens (tertiary/aromatic N) is 2. The Kier molecular flexibility index (Phi) is 18.7. The molecule has 13 nitrogen and oxygen atoms in total. The van der Waals surface area contributed by atoms with E-state index in [1.807, 2.05) is 6.08 Å². The Morgan fingerprint density at radius 3 is 1.81 bits per heavy atom. The monoisotopic (exact) mass is 656 g/mol. The Bertz CT molecular complexity index is 1290. The van der Waals surface area contributed by atoms with Gasteiger partial charge in [0, 0.05) is 37.1 Å². The van der Waals surface area contributed by atoms with Gasteiger partial charge in [0.05, 0.1) is 9.85 Å². The van der Waals surface area contributed by atoms with Crippen LogP contribution < -0.4 is 9.47 Å². The third-order valence-corrected chi connectivity index (χ3v) is 6.99. The van der Waals surface area contributed by atoms with Crippen molar-refractivity contribution in [1.29, 1.82) is 0 Å². The van der Waals surface area contributed by atoms with E-state index in [1.165, 1.54) is 48.5 Å². The predicted octanol–water partition coefficient (Wildman–Crippen LogP) is 7.59. The summed E-state index contributed by atoms with van der Waals surface area (Å²) in [5.74, 6) is -1.25. The Morgan fingerprint density at radius 1 is 0.681 bits per heavy atom. The van der Waals surface area contributed by atoms with Crippen LogP contribution in [-0.4, -0.2) is 47.1 Å². The zero-order chi connectivity index (χ0) is 34.3. The Balaban J connectivity index is 1.60. The third-order valence-electron chi connectivity index (χ3n) is 6.99. The third kappa shape index (κ3) is 17.6. The molecule has 0 aliphatic heterocycles. The summed E-state index contributed by atoms with van der Waals surface area (Å²) in [4.78, 5) is 56.7. The molecule has 0 heterocycles. The second kappa shape index (κ2) is 22.8. The number of hydrogen-bond donors (Lipinski definition) is 0. The number of carbonyl (C=O) groups excluding carboxylic acids is 3. The number of unbranched alkanes of at least 4 members (excludes halogenated alkanes) is 8. The van der Waals surface area contributed by atoms with E-state index in [2.05, 4.69) is 13.0 Å². The van der Waals surface area contributed by atoms with Crippen molar-refractivity contribution in [2.45, 2.75) is 96.5 Å². The minimum Gasteiger partial charge on any atom is -0.460 e. The molecule has 0 saturated carbocycles. The first-order chi connectivity index (χ1) is 22.7. The van der Waals surface area contributed by atoms with E-state index in [9.17, 15) is 34.6 Å². The molecule has 0 unspecified atom stereocenters. The molecule has 0 spiro atoms. The summed E-state index contributed by atoms with van der Waals surface area (Å²) in [7, 11) is 0. The largest absolute Gasteiger partial charge is 0.460 e. The van der Waals surface area contributed by atoms with Crippen LogP contribution in [0.1, 0.15) is 90.4 Å². The number of carbonyl (C=O) groups is 3. The second-order valence-electron chi connectivity index (χ2n) is 10.9. The highest BCUT2D eigenvalue weighted by molar-refractivity contribution is 5.75. The van der Waals surface area contributed by atoms with Gasteiger partial charge in [-0.1, -0.05) is 57.6 Å². The molecule has 256 valence electrons. The van der Waals surface area contributed by atoms with Crippen molar-refractivity contribution in [3.63, 3.8) is 0 Å². The molecule has 0 amide bonds. The topological polar surface area (TPSA) is 174 Å². The van der Waals surface area contributed by atoms with Gasteiger partial charge >= 0.3 is 17.9 Å². The molecular weight excluding hydrogens is 612 g/mol. The lowest BCUT2D eigenvalue weighted by Crippen LogP contribution is -2.24. The van der Waals surface area contributed by atoms with Crippen LogP contribution in [0.25, 0.3) is 0 Å². The van der Waals surface area contributed by atoms with Crippen LogP contribution in [0.4, 0.5) is 11.4 Å². The van der Waals surface area contributed by atoms with Crippen molar-refractivity contribution in [2.75, 3.05) is 13.2 Å². The fourth-order valence-electron chi connectivity index (χ4n) is 4.50. The predicted molar refractivity (Wildman–Crippen MR) is 173 cm³/mol. The van der Waals surface area contributed by atoms with E-state index in [0.717, 1.165) is 64.2 Å². The first-order valence-electron chi connectivity index (χ1n) is 16.0. The molecule has 0 aliphatic rings. The summed E-state index contributed by atoms with van der Waals surface area (Å²) in [5, 5.41) is 21.4. The minimum atomic E-state index is -0.743. The van der Waals surface area contributed by atoms with Gasteiger partial charge in [-0.2, -0.15) is 0 Å². The molecule has 1 atom stereocenters. The summed E-state index contributed by atoms with van der Waals surface area (Å²) in [6.07, 6.45) is 15.1. The first-order valence-corrected chi connectivity index (χ1v) is 16.0. The summed E-state index contributed by atoms with van der Waals surface area (Å²) in [6, 6.07) is 10.5. The van der Waals surface area contributed by atoms with Crippen molar-refractivity contribution >= 4 is 29.3 Å². The first kappa shape index (κ1) is 38.5. The Hall–Kier alpha value is -4.65. The molecule has 0 bridgehead atoms. The van der Waals surface area contributed by atoms with Gasteiger partial charge in [0.1, 0.15) is 30.8 Å². The number of ether oxygens (including phenoxy) is 4. The van der Waals surface area contributed by atoms with E-state index in [0.29, 0.717) is 18.6 Å². The van der Waals surface area contributed by atoms with Crippen molar-refractivity contribution in [3.8, 4) is 11.5 Å². The van der Waals surface area contributed by atoms with Gasteiger partial charge in [-0.05, 0) is 56.4 Å². The van der Waals surface area contributed by atoms with E-state index in [4.69, 9.17) is 18.9 Å². The smallest absolute Gasteiger partial charge is 0.337 e. The van der Waals surface area contributed by atoms with Crippen molar-refractivity contribution < 1.29 is 43.2 Å². The quantitative estimate of drug-likeness (QED) is 0.0272. The lowest BCUT2D eigenvalue weighted by atomic mass is 10.1. The van der Waals surface area contributed by atoms with E-state index >= 15 is 0 Å². The van der Waals surface area contributed by atoms with Gasteiger partial charge < -0.3 is 18.9 Å². The average molecular weight is 657 g/mol. The molecule has 0 saturated heterocycles. The molecule has 2 rings (SSSR count). The Morgan fingerprint density at radius 2 is 1.21 bits per heavy atom. The van der Waals surface area contributed by atoms with Gasteiger partial charge in [0.15, 0.2) is 0 Å². The van der Waals surface area contributed by atoms with E-state index < -0.39 is 35.0 Å². The molecule has 0 N–H and O–H groups in total. The van der Waals surface area contributed by atoms with Crippen molar-refractivity contribution in [1.82, 2.24) is 0 Å². The van der Waals surface area contributed by atoms with E-state index in [1.54, 1.807) is 0 Å². The number of esters is 3. The Labute approximate surface area is 274 Å². The average Bonchev–Trinajstić information content (AvgIpc) is 3.04. The fourth-order valence-corrected chi connectivity index (χ4v) is 4.50. The lowest BCUT2D eigenvalue weighted by Gasteiger charge is -2.16. The standard InChI is InChI=1S/C34H44N2O11/c1-2-3-4-11-14-29(46-33(38)25-44-26-34(39)47-31-23-19-28(20-24-31)36(42)43)15-12-9-7-5-6-8-10-13-16-32(37)45-30-21-17-27(18-22-30)35(40)41/h9,12,17-24,29H,2-8,10-11,13-16,25-26H2,1H3/b12-9-/t29-/m1/s1. The van der Waals surface area contributed by atoms with Gasteiger partial charge in [-0.15, -0.1) is 0 Å². The van der Waals surface area contributed by atoms with Crippen molar-refractivity contribution in [3.05, 3.63) is 80.9 Å². The van der Waals surface area contributed by atoms with Gasteiger partial charge in [0.2, 0.25) is 0 Å². The molecular formula is C34H44N2O11. The van der Waals surface area contributed by atoms with Crippen molar-refractivity contribution in [2.24, 2.45) is 0 Å². The minimum absolute atomic E-state index is 0.0604. The number of benzene rings is 2. The van der Waals surface area contributed by atoms with Crippen LogP contribution in [0.2, 0.25) is 0 Å². The number of hydrogen-bond acceptors (Lipinski definition) is 11. The van der Waals surface area contributed by atoms with Crippen LogP contribution in [0.15, 0.2) is 60.7 Å². The number of nitro groups is 2. The van der Waals surface area contributed by atoms with E-state index in [-0.39, 0.29) is 35.6 Å². The number of allylic oxidation sites excluding steroid dienone is 1. The normalized spacial score (nSPS) is 11.6. The maximum absolute atomic E-state index is 12.4. The molecule has 2 aromatic carbocycles. The zero-order valence-corrected chi connectivity index (χ0v) is 26.8. The van der Waals surface area contributed by atoms with Crippen LogP contribution in [-0.2, 0) is 23.9 Å². The van der Waals surface area contributed by atoms with Crippen LogP contribution in [0, 0.1) is 20.2 Å². The number of non-ortho nitro benzene ring substituents is 2. The molecule has 0 aliphatic carbocycles. The van der Waals surface area contributed by atoms with Gasteiger partial charge in [0.25, 0.3) is 11.4 Å². The maximum Gasteiger partial charge on any atom is 0.337 e. The lowest BCUT2D eigenvalue weighted by molar-refractivity contribution is -0.385. The zero-order valence-electron chi connectivity index (χ0n) is 26.8. The maximum atomic E-state index is 12.4. The molecule has 13 heteroatoms. The molecule has 0 fully saturated rings. The SMILES string of the molecule is CCCCCC[C@H](C/C=C\CCCCCCCC(=O)Oc1ccc([N+](=O)[O-])cc1)OC(=O)COCC(=O)Oc1ccc([N+](=O)[O-])cc1. The highest BCUT2D eigenvalue weighted by atomic mass is 16.6. The van der Waals surface area contributed by atoms with Gasteiger partial charge in [-0.3, -0.25) is 25.0 Å². The number of rotatable bonds is 24. The van der Waals surface area contributed by atoms with Crippen LogP contribution >= 0.6 is 0 Å². The van der Waals surface area contributed by atoms with Crippen LogP contribution in [0.3, 0.4) is 0 Å². The summed E-state index contributed by atoms with van der Waals surface area (Å²) < 4.78 is 21.0. The molecule has 0 aromatic heterocycles. The number of nitro benzene ring substituents is 2. The molecule has 47 heavy (non-hydrogen) atoms. The van der Waals surface area contributed by atoms with Gasteiger partial charge in [-0.25, -0.2) is 9.59 Å². The highest BCUT2D eigenvalue weighted by Crippen LogP contribution is 2.19. The van der Waals surface area contributed by atoms with Crippen LogP contribution in [0.5, 0.6) is 11.5 Å². The molecule has 0 radical (unpaired) electrons. The summed E-state index contributed by atoms with van der Waals surface area (Å²) >= 11 is 0. The fraction of sp³-hybridized carbons (Fsp3) is 0.500. The summed E-state index contributed by atoms with van der Waals surface area (Å²) in [6.45, 7) is 1.25.